The van der Waals surface area contributed by atoms with Gasteiger partial charge in [0.25, 0.3) is 0 Å². The molecule has 2 fully saturated rings. The Morgan fingerprint density at radius 3 is 2.48 bits per heavy atom. The highest BCUT2D eigenvalue weighted by Crippen LogP contribution is 2.38. The topological polar surface area (TPSA) is 87.1 Å². The molecule has 3 aromatic rings. The number of amides is 1. The van der Waals surface area contributed by atoms with E-state index >= 15 is 0 Å². The zero-order chi connectivity index (χ0) is 31.7. The first-order valence-corrected chi connectivity index (χ1v) is 19.6. The maximum atomic E-state index is 13.1. The molecular weight excluding hydrogens is 571 g/mol. The average Bonchev–Trinajstić information content (AvgIpc) is 3.46. The Hall–Kier alpha value is -2.86. The molecule has 2 saturated heterocycles. The van der Waals surface area contributed by atoms with Gasteiger partial charge in [0, 0.05) is 62.7 Å². The first kappa shape index (κ1) is 32.5. The van der Waals surface area contributed by atoms with Crippen molar-refractivity contribution in [2.45, 2.75) is 97.3 Å². The third-order valence-corrected chi connectivity index (χ3v) is 10.7. The van der Waals surface area contributed by atoms with Crippen molar-refractivity contribution in [1.82, 2.24) is 14.5 Å². The second-order valence-corrected chi connectivity index (χ2v) is 20.3. The van der Waals surface area contributed by atoms with Crippen LogP contribution in [0.4, 0.5) is 10.5 Å². The molecule has 2 atom stereocenters. The molecule has 4 heterocycles. The Bertz CT molecular complexity index is 1430. The summed E-state index contributed by atoms with van der Waals surface area (Å²) in [6, 6.07) is 13.0. The van der Waals surface area contributed by atoms with Crippen molar-refractivity contribution in [3.63, 3.8) is 0 Å². The van der Waals surface area contributed by atoms with E-state index < -0.39 is 26.4 Å². The highest BCUT2D eigenvalue weighted by atomic mass is 28.3. The standard InChI is InChI=1S/C33H49BN4O5Si/c1-24-18-26(21-38(20-24)31(39)41-22-25-12-10-9-11-13-25)36-29-27-14-15-37(23-40-16-17-44(6,7)8)30(27)35-19-28(29)34-42-32(2,3)33(4,5)43-34/h9-15,19,24,26H,16-18,20-23H2,1-8H3,(H,35,36)/t24-,26+/m0/s1. The van der Waals surface area contributed by atoms with Crippen LogP contribution in [0, 0.1) is 5.92 Å². The summed E-state index contributed by atoms with van der Waals surface area (Å²) in [6.07, 6.45) is 4.52. The summed E-state index contributed by atoms with van der Waals surface area (Å²) in [6.45, 7) is 20.1. The predicted octanol–water partition coefficient (Wildman–Crippen LogP) is 6.11. The molecule has 0 saturated carbocycles. The molecule has 0 spiro atoms. The molecule has 44 heavy (non-hydrogen) atoms. The number of likely N-dealkylation sites (tertiary alicyclic amines) is 1. The summed E-state index contributed by atoms with van der Waals surface area (Å²) in [5, 5.41) is 4.79. The van der Waals surface area contributed by atoms with E-state index in [-0.39, 0.29) is 18.7 Å². The lowest BCUT2D eigenvalue weighted by molar-refractivity contribution is 0.00578. The molecule has 0 bridgehead atoms. The van der Waals surface area contributed by atoms with Gasteiger partial charge in [-0.15, -0.1) is 0 Å². The third-order valence-electron chi connectivity index (χ3n) is 9.02. The monoisotopic (exact) mass is 620 g/mol. The zero-order valence-corrected chi connectivity index (χ0v) is 28.7. The van der Waals surface area contributed by atoms with Crippen molar-refractivity contribution >= 4 is 43.5 Å². The molecule has 1 amide bonds. The molecule has 9 nitrogen and oxygen atoms in total. The number of carbonyl (C=O) groups is 1. The molecule has 0 radical (unpaired) electrons. The van der Waals surface area contributed by atoms with Gasteiger partial charge in [-0.3, -0.25) is 0 Å². The molecule has 1 aromatic carbocycles. The summed E-state index contributed by atoms with van der Waals surface area (Å²) in [5.41, 5.74) is 2.61. The van der Waals surface area contributed by atoms with Crippen molar-refractivity contribution in [2.24, 2.45) is 5.92 Å². The lowest BCUT2D eigenvalue weighted by atomic mass is 9.78. The lowest BCUT2D eigenvalue weighted by Gasteiger charge is -2.37. The number of carbonyl (C=O) groups excluding carboxylic acids is 1. The van der Waals surface area contributed by atoms with Gasteiger partial charge < -0.3 is 33.6 Å². The Morgan fingerprint density at radius 1 is 1.09 bits per heavy atom. The number of fused-ring (bicyclic) bond motifs is 1. The van der Waals surface area contributed by atoms with E-state index in [1.165, 1.54) is 0 Å². The molecule has 238 valence electrons. The van der Waals surface area contributed by atoms with Gasteiger partial charge in [0.1, 0.15) is 19.0 Å². The Labute approximate surface area is 263 Å². The number of hydrogen-bond acceptors (Lipinski definition) is 7. The molecule has 0 unspecified atom stereocenters. The molecule has 2 aliphatic heterocycles. The van der Waals surface area contributed by atoms with E-state index in [0.29, 0.717) is 25.7 Å². The maximum absolute atomic E-state index is 13.1. The summed E-state index contributed by atoms with van der Waals surface area (Å²) < 4.78 is 26.8. The number of rotatable bonds is 10. The molecule has 0 aliphatic carbocycles. The van der Waals surface area contributed by atoms with Crippen LogP contribution >= 0.6 is 0 Å². The van der Waals surface area contributed by atoms with Gasteiger partial charge in [-0.05, 0) is 57.7 Å². The van der Waals surface area contributed by atoms with Crippen molar-refractivity contribution < 1.29 is 23.6 Å². The Morgan fingerprint density at radius 2 is 1.80 bits per heavy atom. The minimum absolute atomic E-state index is 0.00569. The quantitative estimate of drug-likeness (QED) is 0.216. The number of pyridine rings is 1. The average molecular weight is 621 g/mol. The van der Waals surface area contributed by atoms with Crippen molar-refractivity contribution in [3.8, 4) is 0 Å². The summed E-state index contributed by atoms with van der Waals surface area (Å²) in [7, 11) is -1.76. The zero-order valence-electron chi connectivity index (χ0n) is 27.7. The number of hydrogen-bond donors (Lipinski definition) is 1. The number of piperidine rings is 1. The van der Waals surface area contributed by atoms with Gasteiger partial charge in [-0.2, -0.15) is 0 Å². The molecule has 5 rings (SSSR count). The number of ether oxygens (including phenoxy) is 2. The van der Waals surface area contributed by atoms with Crippen LogP contribution in [0.25, 0.3) is 11.0 Å². The smallest absolute Gasteiger partial charge is 0.445 e. The molecular formula is C33H49BN4O5Si. The van der Waals surface area contributed by atoms with Crippen LogP contribution in [0.2, 0.25) is 25.7 Å². The number of nitrogens with one attached hydrogen (secondary N) is 1. The van der Waals surface area contributed by atoms with Gasteiger partial charge in [-0.25, -0.2) is 9.78 Å². The highest BCUT2D eigenvalue weighted by Gasteiger charge is 2.52. The number of anilines is 1. The van der Waals surface area contributed by atoms with E-state index in [1.54, 1.807) is 0 Å². The predicted molar refractivity (Wildman–Crippen MR) is 179 cm³/mol. The second-order valence-electron chi connectivity index (χ2n) is 14.7. The number of aromatic nitrogens is 2. The lowest BCUT2D eigenvalue weighted by Crippen LogP contribution is -2.49. The van der Waals surface area contributed by atoms with Crippen molar-refractivity contribution in [2.75, 3.05) is 25.0 Å². The minimum Gasteiger partial charge on any atom is -0.445 e. The van der Waals surface area contributed by atoms with E-state index in [1.807, 2.05) is 47.6 Å². The normalized spacial score (nSPS) is 21.5. The SMILES string of the molecule is C[C@H]1C[C@@H](Nc2c(B3OC(C)(C)C(C)(C)O3)cnc3c2ccn3COCC[Si](C)(C)C)CN(C(=O)OCc2ccccc2)C1. The fourth-order valence-corrected chi connectivity index (χ4v) is 6.49. The fraction of sp³-hybridized carbons (Fsp3) is 0.576. The van der Waals surface area contributed by atoms with Gasteiger partial charge in [0.05, 0.1) is 11.2 Å². The second kappa shape index (κ2) is 12.9. The maximum Gasteiger partial charge on any atom is 0.498 e. The highest BCUT2D eigenvalue weighted by molar-refractivity contribution is 6.76. The number of nitrogens with zero attached hydrogens (tertiary/aromatic N) is 3. The van der Waals surface area contributed by atoms with E-state index in [4.69, 9.17) is 23.8 Å². The molecule has 2 aromatic heterocycles. The summed E-state index contributed by atoms with van der Waals surface area (Å²) in [4.78, 5) is 19.8. The molecule has 2 aliphatic rings. The van der Waals surface area contributed by atoms with Crippen LogP contribution in [0.15, 0.2) is 48.8 Å². The minimum atomic E-state index is -1.18. The van der Waals surface area contributed by atoms with Crippen LogP contribution in [0.5, 0.6) is 0 Å². The Kier molecular flexibility index (Phi) is 9.51. The van der Waals surface area contributed by atoms with Gasteiger partial charge in [-0.1, -0.05) is 56.9 Å². The van der Waals surface area contributed by atoms with Gasteiger partial charge in [0.15, 0.2) is 0 Å². The van der Waals surface area contributed by atoms with E-state index in [2.05, 4.69) is 70.2 Å². The summed E-state index contributed by atoms with van der Waals surface area (Å²) >= 11 is 0. The Balaban J connectivity index is 1.38. The van der Waals surface area contributed by atoms with Crippen LogP contribution < -0.4 is 10.8 Å². The van der Waals surface area contributed by atoms with Gasteiger partial charge in [0.2, 0.25) is 0 Å². The van der Waals surface area contributed by atoms with Gasteiger partial charge >= 0.3 is 13.2 Å². The van der Waals surface area contributed by atoms with Crippen LogP contribution in [-0.4, -0.2) is 72.7 Å². The van der Waals surface area contributed by atoms with Crippen molar-refractivity contribution in [1.29, 1.82) is 0 Å². The van der Waals surface area contributed by atoms with Crippen molar-refractivity contribution in [3.05, 3.63) is 54.4 Å². The first-order valence-electron chi connectivity index (χ1n) is 15.9. The third kappa shape index (κ3) is 7.50. The van der Waals surface area contributed by atoms with E-state index in [9.17, 15) is 4.79 Å². The molecule has 1 N–H and O–H groups in total. The fourth-order valence-electron chi connectivity index (χ4n) is 5.73. The van der Waals surface area contributed by atoms with E-state index in [0.717, 1.165) is 46.8 Å². The van der Waals surface area contributed by atoms with Crippen LogP contribution in [0.3, 0.4) is 0 Å². The van der Waals surface area contributed by atoms with Crippen LogP contribution in [-0.2, 0) is 32.1 Å². The van der Waals surface area contributed by atoms with Crippen LogP contribution in [0.1, 0.15) is 46.6 Å². The largest absolute Gasteiger partial charge is 0.498 e. The molecule has 11 heteroatoms. The first-order chi connectivity index (χ1) is 20.7. The summed E-state index contributed by atoms with van der Waals surface area (Å²) in [5.74, 6) is 0.299. The number of benzene rings is 1.